The van der Waals surface area contributed by atoms with Crippen molar-refractivity contribution in [3.05, 3.63) is 23.9 Å². The third kappa shape index (κ3) is 3.89. The van der Waals surface area contributed by atoms with E-state index < -0.39 is 0 Å². The van der Waals surface area contributed by atoms with E-state index in [0.717, 1.165) is 5.71 Å². The maximum atomic E-state index is 12.7. The number of nitrogens with two attached hydrogens (primary N) is 1. The Morgan fingerprint density at radius 3 is 2.84 bits per heavy atom. The van der Waals surface area contributed by atoms with E-state index in [1.165, 1.54) is 6.20 Å². The Morgan fingerprint density at radius 2 is 2.20 bits per heavy atom. The first kappa shape index (κ1) is 17.2. The van der Waals surface area contributed by atoms with Crippen LogP contribution in [0.5, 0.6) is 0 Å². The molecule has 2 amide bonds. The minimum Gasteiger partial charge on any atom is -0.392 e. The number of anilines is 1. The predicted molar refractivity (Wildman–Crippen MR) is 92.9 cm³/mol. The lowest BCUT2D eigenvalue weighted by molar-refractivity contribution is -0.136. The number of piperazine rings is 1. The van der Waals surface area contributed by atoms with Gasteiger partial charge in [0, 0.05) is 43.9 Å². The van der Waals surface area contributed by atoms with Gasteiger partial charge in [-0.15, -0.1) is 0 Å². The van der Waals surface area contributed by atoms with Crippen LogP contribution in [0.3, 0.4) is 0 Å². The first-order chi connectivity index (χ1) is 11.9. The molecule has 2 unspecified atom stereocenters. The van der Waals surface area contributed by atoms with Crippen molar-refractivity contribution in [1.29, 1.82) is 0 Å². The molecular formula is C17H23N5O3. The summed E-state index contributed by atoms with van der Waals surface area (Å²) < 4.78 is 0. The Kier molecular flexibility index (Phi) is 4.87. The minimum absolute atomic E-state index is 0.0435. The summed E-state index contributed by atoms with van der Waals surface area (Å²) in [5, 5.41) is 3.88. The molecule has 134 valence electrons. The topological polar surface area (TPSA) is 101 Å². The van der Waals surface area contributed by atoms with Crippen LogP contribution in [0.1, 0.15) is 37.0 Å². The maximum absolute atomic E-state index is 12.7. The summed E-state index contributed by atoms with van der Waals surface area (Å²) >= 11 is 0. The Morgan fingerprint density at radius 1 is 1.40 bits per heavy atom. The van der Waals surface area contributed by atoms with Crippen LogP contribution in [0.2, 0.25) is 0 Å². The van der Waals surface area contributed by atoms with Gasteiger partial charge in [0.25, 0.3) is 5.91 Å². The summed E-state index contributed by atoms with van der Waals surface area (Å²) in [6.07, 6.45) is 2.38. The molecule has 1 fully saturated rings. The van der Waals surface area contributed by atoms with Crippen molar-refractivity contribution < 1.29 is 14.4 Å². The molecule has 8 heteroatoms. The molecule has 2 aliphatic heterocycles. The van der Waals surface area contributed by atoms with E-state index in [4.69, 9.17) is 10.6 Å². The molecule has 0 spiro atoms. The number of carbonyl (C=O) groups excluding carboxylic acids is 2. The molecule has 1 saturated heterocycles. The SMILES string of the molecule is CC1=NOC(CC(=O)N2CCN(C(=O)c3ccnc(N)c3)C(C)C2)C1. The van der Waals surface area contributed by atoms with Crippen molar-refractivity contribution in [2.45, 2.75) is 38.8 Å². The Balaban J connectivity index is 1.57. The third-order valence-corrected chi connectivity index (χ3v) is 4.55. The quantitative estimate of drug-likeness (QED) is 0.877. The minimum atomic E-state index is -0.165. The lowest BCUT2D eigenvalue weighted by Crippen LogP contribution is -2.55. The van der Waals surface area contributed by atoms with Gasteiger partial charge in [0.15, 0.2) is 0 Å². The molecular weight excluding hydrogens is 322 g/mol. The summed E-state index contributed by atoms with van der Waals surface area (Å²) in [7, 11) is 0. The molecule has 0 radical (unpaired) electrons. The summed E-state index contributed by atoms with van der Waals surface area (Å²) in [4.78, 5) is 37.8. The number of pyridine rings is 1. The van der Waals surface area contributed by atoms with Gasteiger partial charge in [0.05, 0.1) is 12.1 Å². The van der Waals surface area contributed by atoms with E-state index >= 15 is 0 Å². The number of nitrogens with zero attached hydrogens (tertiary/aromatic N) is 4. The second-order valence-corrected chi connectivity index (χ2v) is 6.62. The highest BCUT2D eigenvalue weighted by Crippen LogP contribution is 2.19. The molecule has 0 aliphatic carbocycles. The van der Waals surface area contributed by atoms with Gasteiger partial charge in [-0.25, -0.2) is 4.98 Å². The van der Waals surface area contributed by atoms with Crippen LogP contribution in [0, 0.1) is 0 Å². The van der Waals surface area contributed by atoms with Gasteiger partial charge in [-0.2, -0.15) is 0 Å². The van der Waals surface area contributed by atoms with Crippen molar-refractivity contribution in [1.82, 2.24) is 14.8 Å². The van der Waals surface area contributed by atoms with Crippen molar-refractivity contribution in [3.63, 3.8) is 0 Å². The molecule has 8 nitrogen and oxygen atoms in total. The van der Waals surface area contributed by atoms with Gasteiger partial charge in [0.1, 0.15) is 11.9 Å². The molecule has 1 aromatic rings. The molecule has 2 atom stereocenters. The molecule has 1 aromatic heterocycles. The molecule has 0 bridgehead atoms. The smallest absolute Gasteiger partial charge is 0.254 e. The second kappa shape index (κ2) is 7.08. The zero-order valence-corrected chi connectivity index (χ0v) is 14.5. The van der Waals surface area contributed by atoms with Crippen LogP contribution in [-0.2, 0) is 9.63 Å². The van der Waals surface area contributed by atoms with Crippen molar-refractivity contribution >= 4 is 23.3 Å². The predicted octanol–water partition coefficient (Wildman–Crippen LogP) is 0.892. The summed E-state index contributed by atoms with van der Waals surface area (Å²) in [5.41, 5.74) is 7.09. The fourth-order valence-electron chi connectivity index (χ4n) is 3.23. The molecule has 2 aliphatic rings. The summed E-state index contributed by atoms with van der Waals surface area (Å²) in [5.74, 6) is 0.278. The van der Waals surface area contributed by atoms with E-state index in [9.17, 15) is 9.59 Å². The lowest BCUT2D eigenvalue weighted by Gasteiger charge is -2.40. The Labute approximate surface area is 146 Å². The molecule has 25 heavy (non-hydrogen) atoms. The van der Waals surface area contributed by atoms with Crippen LogP contribution >= 0.6 is 0 Å². The number of aromatic nitrogens is 1. The number of rotatable bonds is 3. The highest BCUT2D eigenvalue weighted by molar-refractivity contribution is 5.95. The summed E-state index contributed by atoms with van der Waals surface area (Å²) in [6, 6.07) is 3.16. The van der Waals surface area contributed by atoms with Gasteiger partial charge in [-0.1, -0.05) is 5.16 Å². The van der Waals surface area contributed by atoms with Crippen molar-refractivity contribution in [2.75, 3.05) is 25.4 Å². The van der Waals surface area contributed by atoms with E-state index in [1.54, 1.807) is 21.9 Å². The van der Waals surface area contributed by atoms with E-state index in [-0.39, 0.29) is 24.0 Å². The fourth-order valence-corrected chi connectivity index (χ4v) is 3.23. The van der Waals surface area contributed by atoms with E-state index in [1.807, 2.05) is 13.8 Å². The van der Waals surface area contributed by atoms with Crippen molar-refractivity contribution in [2.24, 2.45) is 5.16 Å². The van der Waals surface area contributed by atoms with Crippen LogP contribution in [-0.4, -0.2) is 64.1 Å². The fraction of sp³-hybridized carbons (Fsp3) is 0.529. The number of carbonyl (C=O) groups is 2. The zero-order valence-electron chi connectivity index (χ0n) is 14.5. The van der Waals surface area contributed by atoms with Crippen LogP contribution in [0.4, 0.5) is 5.82 Å². The molecule has 0 saturated carbocycles. The van der Waals surface area contributed by atoms with Gasteiger partial charge in [-0.05, 0) is 26.0 Å². The highest BCUT2D eigenvalue weighted by Gasteiger charge is 2.32. The Bertz CT molecular complexity index is 705. The normalized spacial score (nSPS) is 23.2. The number of amides is 2. The zero-order chi connectivity index (χ0) is 18.0. The van der Waals surface area contributed by atoms with Gasteiger partial charge in [0.2, 0.25) is 5.91 Å². The van der Waals surface area contributed by atoms with Crippen molar-refractivity contribution in [3.8, 4) is 0 Å². The first-order valence-electron chi connectivity index (χ1n) is 8.43. The average molecular weight is 345 g/mol. The average Bonchev–Trinajstić information content (AvgIpc) is 2.99. The largest absolute Gasteiger partial charge is 0.392 e. The molecule has 3 heterocycles. The lowest BCUT2D eigenvalue weighted by atomic mass is 10.1. The van der Waals surface area contributed by atoms with Crippen LogP contribution < -0.4 is 5.73 Å². The first-order valence-corrected chi connectivity index (χ1v) is 8.43. The van der Waals surface area contributed by atoms with E-state index in [0.29, 0.717) is 43.9 Å². The third-order valence-electron chi connectivity index (χ3n) is 4.55. The standard InChI is InChI=1S/C17H23N5O3/c1-11-7-14(25-20-11)9-16(23)21-5-6-22(12(2)10-21)17(24)13-3-4-19-15(18)8-13/h3-4,8,12,14H,5-7,9-10H2,1-2H3,(H2,18,19). The van der Waals surface area contributed by atoms with Crippen LogP contribution in [0.25, 0.3) is 0 Å². The second-order valence-electron chi connectivity index (χ2n) is 6.62. The maximum Gasteiger partial charge on any atom is 0.254 e. The summed E-state index contributed by atoms with van der Waals surface area (Å²) in [6.45, 7) is 5.36. The van der Waals surface area contributed by atoms with Gasteiger partial charge in [-0.3, -0.25) is 9.59 Å². The monoisotopic (exact) mass is 345 g/mol. The number of oxime groups is 1. The van der Waals surface area contributed by atoms with E-state index in [2.05, 4.69) is 10.1 Å². The number of hydrogen-bond acceptors (Lipinski definition) is 6. The number of hydrogen-bond donors (Lipinski definition) is 1. The Hall–Kier alpha value is -2.64. The molecule has 3 rings (SSSR count). The highest BCUT2D eigenvalue weighted by atomic mass is 16.6. The van der Waals surface area contributed by atoms with Gasteiger partial charge < -0.3 is 20.4 Å². The van der Waals surface area contributed by atoms with Gasteiger partial charge >= 0.3 is 0 Å². The van der Waals surface area contributed by atoms with Crippen LogP contribution in [0.15, 0.2) is 23.5 Å². The number of nitrogen functional groups attached to an aromatic ring is 1. The molecule has 0 aromatic carbocycles. The molecule has 2 N–H and O–H groups in total.